The summed E-state index contributed by atoms with van der Waals surface area (Å²) in [6.45, 7) is 3.49. The van der Waals surface area contributed by atoms with Gasteiger partial charge in [0.05, 0.1) is 29.3 Å². The molecule has 1 aromatic carbocycles. The molecule has 154 valence electrons. The van der Waals surface area contributed by atoms with Crippen molar-refractivity contribution in [1.82, 2.24) is 4.90 Å². The van der Waals surface area contributed by atoms with E-state index in [1.807, 2.05) is 13.0 Å². The molecule has 2 unspecified atom stereocenters. The molecule has 0 fully saturated rings. The zero-order valence-corrected chi connectivity index (χ0v) is 16.4. The van der Waals surface area contributed by atoms with Gasteiger partial charge in [0.1, 0.15) is 0 Å². The van der Waals surface area contributed by atoms with Crippen LogP contribution in [-0.4, -0.2) is 30.7 Å². The fourth-order valence-electron chi connectivity index (χ4n) is 4.71. The lowest BCUT2D eigenvalue weighted by atomic mass is 9.56. The second-order valence-corrected chi connectivity index (χ2v) is 7.52. The Hall–Kier alpha value is -3.28. The monoisotopic (exact) mass is 411 g/mol. The topological polar surface area (TPSA) is 101 Å². The molecule has 1 aliphatic carbocycles. The second-order valence-electron chi connectivity index (χ2n) is 7.52. The van der Waals surface area contributed by atoms with Crippen LogP contribution in [0.4, 0.5) is 13.2 Å². The summed E-state index contributed by atoms with van der Waals surface area (Å²) in [4.78, 5) is 2.06. The highest BCUT2D eigenvalue weighted by Gasteiger charge is 2.62. The number of alkyl halides is 3. The SMILES string of the molecule is CCCN1CC=C2C(N)=C(C(F)(F)F)C(C#N)(C#N)C(c3ccccc3C#N)C2C1. The van der Waals surface area contributed by atoms with Crippen molar-refractivity contribution < 1.29 is 13.2 Å². The first-order chi connectivity index (χ1) is 14.2. The molecule has 1 aliphatic heterocycles. The van der Waals surface area contributed by atoms with Gasteiger partial charge in [0.25, 0.3) is 0 Å². The Morgan fingerprint density at radius 2 is 1.87 bits per heavy atom. The van der Waals surface area contributed by atoms with Gasteiger partial charge in [-0.3, -0.25) is 4.90 Å². The molecule has 0 spiro atoms. The van der Waals surface area contributed by atoms with Crippen LogP contribution >= 0.6 is 0 Å². The summed E-state index contributed by atoms with van der Waals surface area (Å²) in [5.74, 6) is -1.80. The standard InChI is InChI=1S/C22H20F3N5/c1-2-8-30-9-7-16-17(11-30)18(15-6-4-3-5-14(15)10-26)21(12-27,13-28)20(19(16)29)22(23,24)25/h3-7,17-18H,2,8-9,11,29H2,1H3. The molecule has 1 heterocycles. The van der Waals surface area contributed by atoms with Crippen LogP contribution in [-0.2, 0) is 0 Å². The lowest BCUT2D eigenvalue weighted by molar-refractivity contribution is -0.105. The van der Waals surface area contributed by atoms with Crippen LogP contribution in [0.1, 0.15) is 30.4 Å². The quantitative estimate of drug-likeness (QED) is 0.817. The Morgan fingerprint density at radius 3 is 2.43 bits per heavy atom. The van der Waals surface area contributed by atoms with Crippen molar-refractivity contribution in [2.45, 2.75) is 25.4 Å². The largest absolute Gasteiger partial charge is 0.417 e. The Balaban J connectivity index is 2.38. The van der Waals surface area contributed by atoms with Gasteiger partial charge in [-0.05, 0) is 30.2 Å². The Bertz CT molecular complexity index is 1020. The van der Waals surface area contributed by atoms with Crippen LogP contribution < -0.4 is 5.73 Å². The number of hydrogen-bond acceptors (Lipinski definition) is 5. The maximum atomic E-state index is 14.1. The number of fused-ring (bicyclic) bond motifs is 1. The number of nitriles is 3. The van der Waals surface area contributed by atoms with Gasteiger partial charge in [-0.2, -0.15) is 29.0 Å². The highest BCUT2D eigenvalue weighted by Crippen LogP contribution is 2.58. The van der Waals surface area contributed by atoms with Gasteiger partial charge in [-0.1, -0.05) is 31.2 Å². The fraction of sp³-hybridized carbons (Fsp3) is 0.409. The molecule has 8 heteroatoms. The third-order valence-electron chi connectivity index (χ3n) is 5.86. The number of benzene rings is 1. The maximum absolute atomic E-state index is 14.1. The lowest BCUT2D eigenvalue weighted by Gasteiger charge is -2.47. The summed E-state index contributed by atoms with van der Waals surface area (Å²) in [6.07, 6.45) is -2.47. The average Bonchev–Trinajstić information content (AvgIpc) is 2.72. The van der Waals surface area contributed by atoms with Crippen LogP contribution in [0, 0.1) is 45.3 Å². The third-order valence-corrected chi connectivity index (χ3v) is 5.86. The van der Waals surface area contributed by atoms with Crippen LogP contribution in [0.3, 0.4) is 0 Å². The zero-order valence-electron chi connectivity index (χ0n) is 16.4. The summed E-state index contributed by atoms with van der Waals surface area (Å²) in [5.41, 5.74) is 2.25. The van der Waals surface area contributed by atoms with E-state index in [0.29, 0.717) is 18.7 Å². The first kappa shape index (κ1) is 21.4. The molecule has 2 atom stereocenters. The number of hydrogen-bond donors (Lipinski definition) is 1. The molecular weight excluding hydrogens is 391 g/mol. The predicted molar refractivity (Wildman–Crippen MR) is 103 cm³/mol. The van der Waals surface area contributed by atoms with E-state index in [1.54, 1.807) is 30.3 Å². The van der Waals surface area contributed by atoms with Gasteiger partial charge in [0, 0.05) is 30.6 Å². The van der Waals surface area contributed by atoms with E-state index in [2.05, 4.69) is 4.90 Å². The molecule has 2 aliphatic rings. The van der Waals surface area contributed by atoms with Gasteiger partial charge in [-0.15, -0.1) is 0 Å². The van der Waals surface area contributed by atoms with E-state index in [4.69, 9.17) is 5.73 Å². The van der Waals surface area contributed by atoms with Gasteiger partial charge in [-0.25, -0.2) is 0 Å². The number of rotatable bonds is 3. The van der Waals surface area contributed by atoms with Crippen LogP contribution in [0.2, 0.25) is 0 Å². The highest BCUT2D eigenvalue weighted by molar-refractivity contribution is 5.58. The first-order valence-electron chi connectivity index (χ1n) is 9.56. The van der Waals surface area contributed by atoms with Gasteiger partial charge in [0.15, 0.2) is 5.41 Å². The average molecular weight is 411 g/mol. The number of nitrogens with zero attached hydrogens (tertiary/aromatic N) is 4. The fourth-order valence-corrected chi connectivity index (χ4v) is 4.71. The normalized spacial score (nSPS) is 23.6. The molecular formula is C22H20F3N5. The number of halogens is 3. The number of allylic oxidation sites excluding steroid dienone is 2. The molecule has 5 nitrogen and oxygen atoms in total. The van der Waals surface area contributed by atoms with E-state index in [9.17, 15) is 29.0 Å². The minimum Gasteiger partial charge on any atom is -0.398 e. The van der Waals surface area contributed by atoms with Gasteiger partial charge >= 0.3 is 6.18 Å². The van der Waals surface area contributed by atoms with Crippen molar-refractivity contribution in [3.8, 4) is 18.2 Å². The van der Waals surface area contributed by atoms with Crippen molar-refractivity contribution in [3.63, 3.8) is 0 Å². The molecule has 0 saturated heterocycles. The molecule has 0 bridgehead atoms. The van der Waals surface area contributed by atoms with E-state index in [1.165, 1.54) is 12.1 Å². The predicted octanol–water partition coefficient (Wildman–Crippen LogP) is 3.73. The van der Waals surface area contributed by atoms with Crippen molar-refractivity contribution in [2.24, 2.45) is 17.1 Å². The van der Waals surface area contributed by atoms with Crippen LogP contribution in [0.25, 0.3) is 0 Å². The second kappa shape index (κ2) is 7.86. The molecule has 0 saturated carbocycles. The van der Waals surface area contributed by atoms with Gasteiger partial charge < -0.3 is 5.73 Å². The summed E-state index contributed by atoms with van der Waals surface area (Å²) < 4.78 is 42.4. The molecule has 1 aromatic rings. The van der Waals surface area contributed by atoms with Crippen molar-refractivity contribution in [1.29, 1.82) is 15.8 Å². The van der Waals surface area contributed by atoms with Crippen molar-refractivity contribution in [2.75, 3.05) is 19.6 Å². The highest BCUT2D eigenvalue weighted by atomic mass is 19.4. The van der Waals surface area contributed by atoms with E-state index < -0.39 is 34.7 Å². The minimum absolute atomic E-state index is 0.145. The zero-order chi connectivity index (χ0) is 22.1. The number of nitrogens with two attached hydrogens (primary N) is 1. The summed E-state index contributed by atoms with van der Waals surface area (Å²) in [7, 11) is 0. The van der Waals surface area contributed by atoms with E-state index >= 15 is 0 Å². The Kier molecular flexibility index (Phi) is 5.61. The molecule has 3 rings (SSSR count). The summed E-state index contributed by atoms with van der Waals surface area (Å²) in [6, 6.07) is 11.5. The summed E-state index contributed by atoms with van der Waals surface area (Å²) >= 11 is 0. The van der Waals surface area contributed by atoms with Crippen molar-refractivity contribution >= 4 is 0 Å². The molecule has 30 heavy (non-hydrogen) atoms. The van der Waals surface area contributed by atoms with Crippen LogP contribution in [0.15, 0.2) is 47.2 Å². The maximum Gasteiger partial charge on any atom is 0.417 e. The summed E-state index contributed by atoms with van der Waals surface area (Å²) in [5, 5.41) is 29.5. The third kappa shape index (κ3) is 3.22. The lowest BCUT2D eigenvalue weighted by Crippen LogP contribution is -2.50. The molecule has 0 amide bonds. The van der Waals surface area contributed by atoms with Crippen LogP contribution in [0.5, 0.6) is 0 Å². The van der Waals surface area contributed by atoms with Gasteiger partial charge in [0.2, 0.25) is 0 Å². The Morgan fingerprint density at radius 1 is 1.20 bits per heavy atom. The minimum atomic E-state index is -4.97. The van der Waals surface area contributed by atoms with E-state index in [-0.39, 0.29) is 11.1 Å². The van der Waals surface area contributed by atoms with Crippen molar-refractivity contribution in [3.05, 3.63) is 58.3 Å². The Labute approximate surface area is 173 Å². The van der Waals surface area contributed by atoms with E-state index in [0.717, 1.165) is 13.0 Å². The molecule has 0 radical (unpaired) electrons. The molecule has 0 aromatic heterocycles. The molecule has 2 N–H and O–H groups in total. The smallest absolute Gasteiger partial charge is 0.398 e. The first-order valence-corrected chi connectivity index (χ1v) is 9.56.